The highest BCUT2D eigenvalue weighted by Crippen LogP contribution is 2.31. The Bertz CT molecular complexity index is 1740. The minimum absolute atomic E-state index is 0.214. The number of nitrogens with zero attached hydrogens (tertiary/aromatic N) is 7. The monoisotopic (exact) mass is 562 g/mol. The zero-order chi connectivity index (χ0) is 29.2. The van der Waals surface area contributed by atoms with Crippen molar-refractivity contribution in [2.45, 2.75) is 20.4 Å². The van der Waals surface area contributed by atoms with Gasteiger partial charge in [-0.15, -0.1) is 0 Å². The molecule has 10 nitrogen and oxygen atoms in total. The van der Waals surface area contributed by atoms with E-state index < -0.39 is 0 Å². The molecule has 0 spiro atoms. The summed E-state index contributed by atoms with van der Waals surface area (Å²) in [7, 11) is 4.04. The minimum Gasteiger partial charge on any atom is -0.437 e. The number of aromatic nitrogens is 5. The standard InChI is InChI=1S/C32H34N8O2/c1-21-5-6-24(31(41)35-26-8-7-25(22(2)17-26)19-40-15-13-38(3)14-16-40)18-27(21)42-32-28-30(39(4)20-34-28)36-29(37-32)23-9-11-33-12-10-23/h5-12,17-18,20H,13-16,19H2,1-4H3,(H,35,41). The van der Waals surface area contributed by atoms with Crippen molar-refractivity contribution in [1.82, 2.24) is 34.3 Å². The average molecular weight is 563 g/mol. The number of imidazole rings is 1. The zero-order valence-corrected chi connectivity index (χ0v) is 24.3. The van der Waals surface area contributed by atoms with E-state index in [0.29, 0.717) is 34.2 Å². The van der Waals surface area contributed by atoms with Gasteiger partial charge in [0.05, 0.1) is 6.33 Å². The summed E-state index contributed by atoms with van der Waals surface area (Å²) in [6, 6.07) is 15.2. The first-order chi connectivity index (χ1) is 20.3. The van der Waals surface area contributed by atoms with Crippen molar-refractivity contribution in [3.8, 4) is 23.0 Å². The second kappa shape index (κ2) is 11.7. The molecule has 1 aliphatic rings. The SMILES string of the molecule is Cc1cc(NC(=O)c2ccc(C)c(Oc3nc(-c4ccncc4)nc4c3ncn4C)c2)ccc1CN1CCN(C)CC1. The van der Waals surface area contributed by atoms with E-state index in [1.54, 1.807) is 30.9 Å². The van der Waals surface area contributed by atoms with Crippen molar-refractivity contribution in [3.05, 3.63) is 89.5 Å². The molecule has 214 valence electrons. The van der Waals surface area contributed by atoms with Crippen molar-refractivity contribution in [2.24, 2.45) is 7.05 Å². The molecule has 10 heteroatoms. The predicted octanol–water partition coefficient (Wildman–Crippen LogP) is 4.83. The first-order valence-corrected chi connectivity index (χ1v) is 14.0. The number of anilines is 1. The Hall–Kier alpha value is -4.67. The van der Waals surface area contributed by atoms with Crippen molar-refractivity contribution < 1.29 is 9.53 Å². The number of aryl methyl sites for hydroxylation is 3. The van der Waals surface area contributed by atoms with Gasteiger partial charge in [0.15, 0.2) is 17.0 Å². The third kappa shape index (κ3) is 5.86. The molecule has 5 aromatic rings. The Morgan fingerprint density at radius 1 is 0.929 bits per heavy atom. The van der Waals surface area contributed by atoms with E-state index in [2.05, 4.69) is 55.1 Å². The van der Waals surface area contributed by atoms with E-state index in [4.69, 9.17) is 4.74 Å². The molecule has 0 radical (unpaired) electrons. The van der Waals surface area contributed by atoms with Crippen LogP contribution in [0.4, 0.5) is 5.69 Å². The third-order valence-electron chi connectivity index (χ3n) is 7.71. The molecule has 1 N–H and O–H groups in total. The van der Waals surface area contributed by atoms with Crippen LogP contribution in [0.5, 0.6) is 11.6 Å². The normalized spacial score (nSPS) is 14.3. The van der Waals surface area contributed by atoms with Crippen molar-refractivity contribution >= 4 is 22.8 Å². The summed E-state index contributed by atoms with van der Waals surface area (Å²) < 4.78 is 8.15. The van der Waals surface area contributed by atoms with E-state index in [0.717, 1.165) is 55.1 Å². The lowest BCUT2D eigenvalue weighted by molar-refractivity contribution is 0.102. The number of hydrogen-bond donors (Lipinski definition) is 1. The second-order valence-electron chi connectivity index (χ2n) is 10.9. The molecule has 0 atom stereocenters. The van der Waals surface area contributed by atoms with E-state index in [1.165, 1.54) is 5.56 Å². The minimum atomic E-state index is -0.214. The number of nitrogens with one attached hydrogen (secondary N) is 1. The lowest BCUT2D eigenvalue weighted by Crippen LogP contribution is -2.43. The van der Waals surface area contributed by atoms with Gasteiger partial charge in [-0.25, -0.2) is 9.97 Å². The van der Waals surface area contributed by atoms with Gasteiger partial charge in [-0.1, -0.05) is 12.1 Å². The molecule has 1 saturated heterocycles. The first-order valence-electron chi connectivity index (χ1n) is 14.0. The molecule has 1 aliphatic heterocycles. The summed E-state index contributed by atoms with van der Waals surface area (Å²) in [5.74, 6) is 1.13. The number of hydrogen-bond acceptors (Lipinski definition) is 8. The Labute approximate surface area is 245 Å². The number of likely N-dealkylation sites (N-methyl/N-ethyl adjacent to an activating group) is 1. The highest BCUT2D eigenvalue weighted by molar-refractivity contribution is 6.04. The van der Waals surface area contributed by atoms with Gasteiger partial charge in [-0.2, -0.15) is 4.98 Å². The van der Waals surface area contributed by atoms with E-state index >= 15 is 0 Å². The molecule has 0 bridgehead atoms. The van der Waals surface area contributed by atoms with Crippen LogP contribution >= 0.6 is 0 Å². The second-order valence-corrected chi connectivity index (χ2v) is 10.9. The molecule has 1 amide bonds. The predicted molar refractivity (Wildman–Crippen MR) is 163 cm³/mol. The number of pyridine rings is 1. The van der Waals surface area contributed by atoms with E-state index in [-0.39, 0.29) is 5.91 Å². The molecular formula is C32H34N8O2. The van der Waals surface area contributed by atoms with Gasteiger partial charge < -0.3 is 19.5 Å². The highest BCUT2D eigenvalue weighted by Gasteiger charge is 2.18. The number of piperazine rings is 1. The average Bonchev–Trinajstić information content (AvgIpc) is 3.37. The van der Waals surface area contributed by atoms with Crippen molar-refractivity contribution in [3.63, 3.8) is 0 Å². The van der Waals surface area contributed by atoms with Crippen LogP contribution in [0.15, 0.2) is 67.3 Å². The maximum Gasteiger partial charge on any atom is 0.255 e. The first kappa shape index (κ1) is 27.5. The molecule has 1 fully saturated rings. The Balaban J connectivity index is 1.21. The quantitative estimate of drug-likeness (QED) is 0.301. The lowest BCUT2D eigenvalue weighted by atomic mass is 10.1. The summed E-state index contributed by atoms with van der Waals surface area (Å²) in [6.07, 6.45) is 5.07. The Morgan fingerprint density at radius 3 is 2.48 bits per heavy atom. The molecule has 0 unspecified atom stereocenters. The van der Waals surface area contributed by atoms with Crippen molar-refractivity contribution in [1.29, 1.82) is 0 Å². The number of ether oxygens (including phenoxy) is 1. The maximum atomic E-state index is 13.3. The number of amides is 1. The van der Waals surface area contributed by atoms with Gasteiger partial charge in [0.2, 0.25) is 0 Å². The topological polar surface area (TPSA) is 101 Å². The van der Waals surface area contributed by atoms with Crippen LogP contribution in [0.1, 0.15) is 27.0 Å². The van der Waals surface area contributed by atoms with Gasteiger partial charge in [0, 0.05) is 69.0 Å². The van der Waals surface area contributed by atoms with Gasteiger partial charge in [0.25, 0.3) is 11.8 Å². The van der Waals surface area contributed by atoms with Crippen LogP contribution in [0, 0.1) is 13.8 Å². The number of benzene rings is 2. The molecule has 3 aromatic heterocycles. The summed E-state index contributed by atoms with van der Waals surface area (Å²) in [5.41, 5.74) is 6.54. The van der Waals surface area contributed by atoms with Crippen LogP contribution in [0.25, 0.3) is 22.6 Å². The summed E-state index contributed by atoms with van der Waals surface area (Å²) in [4.78, 5) is 36.1. The van der Waals surface area contributed by atoms with E-state index in [1.807, 2.05) is 48.9 Å². The summed E-state index contributed by atoms with van der Waals surface area (Å²) in [5, 5.41) is 3.05. The summed E-state index contributed by atoms with van der Waals surface area (Å²) in [6.45, 7) is 9.26. The molecule has 0 saturated carbocycles. The van der Waals surface area contributed by atoms with Gasteiger partial charge in [0.1, 0.15) is 5.75 Å². The van der Waals surface area contributed by atoms with Gasteiger partial charge >= 0.3 is 0 Å². The largest absolute Gasteiger partial charge is 0.437 e. The molecule has 4 heterocycles. The van der Waals surface area contributed by atoms with Crippen LogP contribution < -0.4 is 10.1 Å². The molecule has 2 aromatic carbocycles. The number of rotatable bonds is 7. The smallest absolute Gasteiger partial charge is 0.255 e. The molecule has 6 rings (SSSR count). The maximum absolute atomic E-state index is 13.3. The number of carbonyl (C=O) groups excluding carboxylic acids is 1. The summed E-state index contributed by atoms with van der Waals surface area (Å²) >= 11 is 0. The molecule has 42 heavy (non-hydrogen) atoms. The highest BCUT2D eigenvalue weighted by atomic mass is 16.5. The van der Waals surface area contributed by atoms with Crippen LogP contribution in [-0.4, -0.2) is 73.4 Å². The van der Waals surface area contributed by atoms with Crippen LogP contribution in [-0.2, 0) is 13.6 Å². The van der Waals surface area contributed by atoms with Crippen LogP contribution in [0.2, 0.25) is 0 Å². The third-order valence-corrected chi connectivity index (χ3v) is 7.71. The number of carbonyl (C=O) groups is 1. The zero-order valence-electron chi connectivity index (χ0n) is 24.3. The Kier molecular flexibility index (Phi) is 7.64. The fraction of sp³-hybridized carbons (Fsp3) is 0.281. The molecular weight excluding hydrogens is 528 g/mol. The van der Waals surface area contributed by atoms with E-state index in [9.17, 15) is 4.79 Å². The fourth-order valence-electron chi connectivity index (χ4n) is 5.04. The lowest BCUT2D eigenvalue weighted by Gasteiger charge is -2.32. The number of fused-ring (bicyclic) bond motifs is 1. The Morgan fingerprint density at radius 2 is 1.71 bits per heavy atom. The van der Waals surface area contributed by atoms with Crippen LogP contribution in [0.3, 0.4) is 0 Å². The van der Waals surface area contributed by atoms with Crippen molar-refractivity contribution in [2.75, 3.05) is 38.5 Å². The molecule has 0 aliphatic carbocycles. The van der Waals surface area contributed by atoms with Gasteiger partial charge in [-0.3, -0.25) is 14.7 Å². The fourth-order valence-corrected chi connectivity index (χ4v) is 5.04. The van der Waals surface area contributed by atoms with Gasteiger partial charge in [-0.05, 0) is 74.0 Å².